The second-order valence-electron chi connectivity index (χ2n) is 3.45. The molecule has 0 radical (unpaired) electrons. The number of hydrogen-bond donors (Lipinski definition) is 1. The Balaban J connectivity index is 2.02. The minimum absolute atomic E-state index is 0.325. The first kappa shape index (κ1) is 11.6. The van der Waals surface area contributed by atoms with Crippen LogP contribution in [0.3, 0.4) is 0 Å². The fourth-order valence-corrected chi connectivity index (χ4v) is 2.10. The molecule has 4 nitrogen and oxygen atoms in total. The molecule has 0 atom stereocenters. The van der Waals surface area contributed by atoms with E-state index in [1.165, 1.54) is 11.3 Å². The van der Waals surface area contributed by atoms with Crippen LogP contribution in [0.2, 0.25) is 0 Å². The molecule has 0 unspecified atom stereocenters. The van der Waals surface area contributed by atoms with Crippen molar-refractivity contribution in [3.63, 3.8) is 0 Å². The van der Waals surface area contributed by atoms with Crippen molar-refractivity contribution < 1.29 is 14.6 Å². The zero-order valence-corrected chi connectivity index (χ0v) is 10.0. The van der Waals surface area contributed by atoms with Gasteiger partial charge >= 0.3 is 5.97 Å². The van der Waals surface area contributed by atoms with Gasteiger partial charge in [-0.05, 0) is 31.2 Å². The second kappa shape index (κ2) is 4.97. The molecule has 0 bridgehead atoms. The summed E-state index contributed by atoms with van der Waals surface area (Å²) in [7, 11) is 0. The maximum atomic E-state index is 10.7. The second-order valence-corrected chi connectivity index (χ2v) is 4.62. The van der Waals surface area contributed by atoms with Crippen molar-refractivity contribution in [3.05, 3.63) is 45.9 Å². The van der Waals surface area contributed by atoms with E-state index in [0.29, 0.717) is 11.5 Å². The Morgan fingerprint density at radius 1 is 1.47 bits per heavy atom. The minimum atomic E-state index is -0.904. The van der Waals surface area contributed by atoms with E-state index in [1.807, 2.05) is 13.0 Å². The summed E-state index contributed by atoms with van der Waals surface area (Å²) in [5, 5.41) is 8.79. The van der Waals surface area contributed by atoms with E-state index in [4.69, 9.17) is 9.84 Å². The number of nitrogens with zero attached hydrogens (tertiary/aromatic N) is 1. The Hall–Kier alpha value is -1.88. The van der Waals surface area contributed by atoms with Gasteiger partial charge in [-0.3, -0.25) is 4.98 Å². The number of hydrogen-bond acceptors (Lipinski definition) is 4. The number of aryl methyl sites for hydroxylation is 1. The fourth-order valence-electron chi connectivity index (χ4n) is 1.34. The molecule has 2 aromatic heterocycles. The molecule has 0 aliphatic heterocycles. The lowest BCUT2D eigenvalue weighted by molar-refractivity contribution is 0.0702. The SMILES string of the molecule is Cc1ncccc1OCc1ccc(C(=O)O)s1. The van der Waals surface area contributed by atoms with Crippen LogP contribution in [0.4, 0.5) is 0 Å². The molecule has 0 aliphatic rings. The summed E-state index contributed by atoms with van der Waals surface area (Å²) in [6, 6.07) is 7.00. The molecule has 0 saturated heterocycles. The lowest BCUT2D eigenvalue weighted by atomic mass is 10.3. The molecule has 17 heavy (non-hydrogen) atoms. The highest BCUT2D eigenvalue weighted by Gasteiger charge is 2.07. The van der Waals surface area contributed by atoms with E-state index >= 15 is 0 Å². The number of aromatic carboxylic acids is 1. The van der Waals surface area contributed by atoms with E-state index in [-0.39, 0.29) is 0 Å². The zero-order chi connectivity index (χ0) is 12.3. The van der Waals surface area contributed by atoms with Gasteiger partial charge in [0.15, 0.2) is 0 Å². The molecule has 5 heteroatoms. The number of carbonyl (C=O) groups is 1. The first-order chi connectivity index (χ1) is 8.16. The third-order valence-corrected chi connectivity index (χ3v) is 3.25. The first-order valence-electron chi connectivity index (χ1n) is 5.03. The van der Waals surface area contributed by atoms with Crippen LogP contribution in [-0.4, -0.2) is 16.1 Å². The van der Waals surface area contributed by atoms with Crippen LogP contribution < -0.4 is 4.74 Å². The molecule has 2 heterocycles. The quantitative estimate of drug-likeness (QED) is 0.905. The Bertz CT molecular complexity index is 536. The largest absolute Gasteiger partial charge is 0.486 e. The number of carboxylic acids is 1. The smallest absolute Gasteiger partial charge is 0.345 e. The fraction of sp³-hybridized carbons (Fsp3) is 0.167. The van der Waals surface area contributed by atoms with Gasteiger partial charge < -0.3 is 9.84 Å². The summed E-state index contributed by atoms with van der Waals surface area (Å²) in [6.07, 6.45) is 1.70. The monoisotopic (exact) mass is 249 g/mol. The van der Waals surface area contributed by atoms with Crippen LogP contribution in [0.15, 0.2) is 30.5 Å². The molecule has 2 aromatic rings. The Morgan fingerprint density at radius 3 is 2.94 bits per heavy atom. The molecule has 0 amide bonds. The number of pyridine rings is 1. The van der Waals surface area contributed by atoms with Crippen LogP contribution in [0.25, 0.3) is 0 Å². The average Bonchev–Trinajstić information content (AvgIpc) is 2.77. The molecular weight excluding hydrogens is 238 g/mol. The summed E-state index contributed by atoms with van der Waals surface area (Å²) in [4.78, 5) is 16.0. The van der Waals surface area contributed by atoms with Gasteiger partial charge in [0.25, 0.3) is 0 Å². The van der Waals surface area contributed by atoms with Crippen LogP contribution in [0.1, 0.15) is 20.2 Å². The minimum Gasteiger partial charge on any atom is -0.486 e. The first-order valence-corrected chi connectivity index (χ1v) is 5.85. The lowest BCUT2D eigenvalue weighted by Gasteiger charge is -2.06. The molecule has 2 rings (SSSR count). The number of carboxylic acid groups (broad SMARTS) is 1. The van der Waals surface area contributed by atoms with Crippen molar-refractivity contribution in [2.75, 3.05) is 0 Å². The van der Waals surface area contributed by atoms with Crippen molar-refractivity contribution in [1.82, 2.24) is 4.98 Å². The van der Waals surface area contributed by atoms with Gasteiger partial charge in [0, 0.05) is 11.1 Å². The average molecular weight is 249 g/mol. The molecule has 0 aliphatic carbocycles. The van der Waals surface area contributed by atoms with Gasteiger partial charge in [-0.2, -0.15) is 0 Å². The van der Waals surface area contributed by atoms with Crippen LogP contribution in [0.5, 0.6) is 5.75 Å². The van der Waals surface area contributed by atoms with Gasteiger partial charge in [0.2, 0.25) is 0 Å². The lowest BCUT2D eigenvalue weighted by Crippen LogP contribution is -1.96. The molecule has 0 aromatic carbocycles. The van der Waals surface area contributed by atoms with Crippen molar-refractivity contribution in [3.8, 4) is 5.75 Å². The number of rotatable bonds is 4. The van der Waals surface area contributed by atoms with Crippen molar-refractivity contribution in [2.45, 2.75) is 13.5 Å². The van der Waals surface area contributed by atoms with E-state index in [9.17, 15) is 4.79 Å². The molecule has 0 spiro atoms. The Kier molecular flexibility index (Phi) is 3.39. The van der Waals surface area contributed by atoms with Crippen LogP contribution in [-0.2, 0) is 6.61 Å². The highest BCUT2D eigenvalue weighted by atomic mass is 32.1. The van der Waals surface area contributed by atoms with Crippen LogP contribution in [0, 0.1) is 6.92 Å². The number of ether oxygens (including phenoxy) is 1. The topological polar surface area (TPSA) is 59.4 Å². The van der Waals surface area contributed by atoms with Crippen molar-refractivity contribution in [2.24, 2.45) is 0 Å². The molecular formula is C12H11NO3S. The van der Waals surface area contributed by atoms with Gasteiger partial charge in [-0.15, -0.1) is 11.3 Å². The Labute approximate surface area is 103 Å². The molecule has 88 valence electrons. The number of aromatic nitrogens is 1. The van der Waals surface area contributed by atoms with Gasteiger partial charge in [0.05, 0.1) is 5.69 Å². The van der Waals surface area contributed by atoms with Gasteiger partial charge in [-0.1, -0.05) is 0 Å². The standard InChI is InChI=1S/C12H11NO3S/c1-8-10(3-2-6-13-8)16-7-9-4-5-11(17-9)12(14)15/h2-6H,7H2,1H3,(H,14,15). The summed E-state index contributed by atoms with van der Waals surface area (Å²) in [5.41, 5.74) is 0.822. The Morgan fingerprint density at radius 2 is 2.29 bits per heavy atom. The normalized spacial score (nSPS) is 10.2. The zero-order valence-electron chi connectivity index (χ0n) is 9.21. The maximum absolute atomic E-state index is 10.7. The molecule has 1 N–H and O–H groups in total. The predicted molar refractivity (Wildman–Crippen MR) is 64.6 cm³/mol. The third-order valence-electron chi connectivity index (χ3n) is 2.20. The van der Waals surface area contributed by atoms with E-state index in [2.05, 4.69) is 4.98 Å². The molecule has 0 fully saturated rings. The van der Waals surface area contributed by atoms with Crippen molar-refractivity contribution in [1.29, 1.82) is 0 Å². The third kappa shape index (κ3) is 2.82. The maximum Gasteiger partial charge on any atom is 0.345 e. The van der Waals surface area contributed by atoms with E-state index in [0.717, 1.165) is 16.3 Å². The van der Waals surface area contributed by atoms with Gasteiger partial charge in [0.1, 0.15) is 17.2 Å². The summed E-state index contributed by atoms with van der Waals surface area (Å²) in [5.74, 6) is -0.184. The highest BCUT2D eigenvalue weighted by molar-refractivity contribution is 7.13. The number of thiophene rings is 1. The van der Waals surface area contributed by atoms with Crippen LogP contribution >= 0.6 is 11.3 Å². The summed E-state index contributed by atoms with van der Waals surface area (Å²) >= 11 is 1.22. The summed E-state index contributed by atoms with van der Waals surface area (Å²) in [6.45, 7) is 2.23. The van der Waals surface area contributed by atoms with E-state index in [1.54, 1.807) is 24.4 Å². The summed E-state index contributed by atoms with van der Waals surface area (Å²) < 4.78 is 5.57. The molecule has 0 saturated carbocycles. The van der Waals surface area contributed by atoms with E-state index < -0.39 is 5.97 Å². The highest BCUT2D eigenvalue weighted by Crippen LogP contribution is 2.20. The van der Waals surface area contributed by atoms with Gasteiger partial charge in [-0.25, -0.2) is 4.79 Å². The predicted octanol–water partition coefficient (Wildman–Crippen LogP) is 2.73. The van der Waals surface area contributed by atoms with Crippen molar-refractivity contribution >= 4 is 17.3 Å².